The highest BCUT2D eigenvalue weighted by Gasteiger charge is 2.24. The minimum Gasteiger partial charge on any atom is -0.490 e. The molecule has 3 aromatic rings. The lowest BCUT2D eigenvalue weighted by Crippen LogP contribution is -2.14. The molecule has 0 heterocycles. The lowest BCUT2D eigenvalue weighted by Gasteiger charge is -2.29. The second-order valence-corrected chi connectivity index (χ2v) is 12.2. The highest BCUT2D eigenvalue weighted by atomic mass is 19.2. The molecule has 0 N–H and O–H groups in total. The van der Waals surface area contributed by atoms with Crippen LogP contribution in [0.5, 0.6) is 5.75 Å². The van der Waals surface area contributed by atoms with Gasteiger partial charge in [0.05, 0.1) is 6.61 Å². The molecule has 0 amide bonds. The molecule has 0 atom stereocenters. The van der Waals surface area contributed by atoms with Gasteiger partial charge in [0.1, 0.15) is 5.82 Å². The van der Waals surface area contributed by atoms with Gasteiger partial charge in [0, 0.05) is 5.56 Å². The maximum absolute atomic E-state index is 15.2. The maximum atomic E-state index is 15.2. The van der Waals surface area contributed by atoms with Crippen molar-refractivity contribution in [3.05, 3.63) is 77.6 Å². The van der Waals surface area contributed by atoms with Crippen molar-refractivity contribution in [1.29, 1.82) is 0 Å². The van der Waals surface area contributed by atoms with Crippen molar-refractivity contribution in [3.63, 3.8) is 0 Å². The Morgan fingerprint density at radius 2 is 1.24 bits per heavy atom. The van der Waals surface area contributed by atoms with Gasteiger partial charge in [-0.15, -0.1) is 0 Å². The highest BCUT2D eigenvalue weighted by Crippen LogP contribution is 2.39. The molecular weight excluding hydrogens is 529 g/mol. The van der Waals surface area contributed by atoms with Crippen LogP contribution in [0.1, 0.15) is 122 Å². The number of ether oxygens (including phenoxy) is 1. The third kappa shape index (κ3) is 8.88. The first-order chi connectivity index (χ1) is 20.5. The van der Waals surface area contributed by atoms with Gasteiger partial charge < -0.3 is 4.74 Å². The Balaban J connectivity index is 1.32. The fraction of sp³-hybridized carbons (Fsp3) is 0.526. The molecule has 4 heteroatoms. The second-order valence-electron chi connectivity index (χ2n) is 12.2. The zero-order valence-corrected chi connectivity index (χ0v) is 25.7. The second kappa shape index (κ2) is 16.8. The largest absolute Gasteiger partial charge is 0.490 e. The quantitative estimate of drug-likeness (QED) is 0.154. The van der Waals surface area contributed by atoms with Crippen molar-refractivity contribution in [2.45, 2.75) is 116 Å². The summed E-state index contributed by atoms with van der Waals surface area (Å²) in [6.45, 7) is 4.82. The van der Waals surface area contributed by atoms with Gasteiger partial charge in [0.25, 0.3) is 0 Å². The van der Waals surface area contributed by atoms with Crippen LogP contribution in [-0.2, 0) is 0 Å². The summed E-state index contributed by atoms with van der Waals surface area (Å²) in [6, 6.07) is 15.8. The van der Waals surface area contributed by atoms with E-state index in [2.05, 4.69) is 13.8 Å². The summed E-state index contributed by atoms with van der Waals surface area (Å²) in [7, 11) is 0. The zero-order valence-electron chi connectivity index (χ0n) is 25.7. The zero-order chi connectivity index (χ0) is 29.7. The van der Waals surface area contributed by atoms with E-state index in [-0.39, 0.29) is 17.1 Å². The predicted molar refractivity (Wildman–Crippen MR) is 170 cm³/mol. The van der Waals surface area contributed by atoms with E-state index in [4.69, 9.17) is 4.74 Å². The lowest BCUT2D eigenvalue weighted by atomic mass is 9.76. The van der Waals surface area contributed by atoms with E-state index in [0.717, 1.165) is 54.7 Å². The van der Waals surface area contributed by atoms with Gasteiger partial charge in [-0.05, 0) is 84.4 Å². The van der Waals surface area contributed by atoms with Gasteiger partial charge >= 0.3 is 0 Å². The summed E-state index contributed by atoms with van der Waals surface area (Å²) in [5.74, 6) is -0.956. The Labute approximate surface area is 251 Å². The third-order valence-electron chi connectivity index (χ3n) is 9.08. The summed E-state index contributed by atoms with van der Waals surface area (Å²) in [5, 5.41) is 0. The van der Waals surface area contributed by atoms with Crippen LogP contribution in [0.4, 0.5) is 13.2 Å². The summed E-state index contributed by atoms with van der Waals surface area (Å²) in [6.07, 6.45) is 17.7. The van der Waals surface area contributed by atoms with Crippen LogP contribution in [-0.4, -0.2) is 6.61 Å². The molecule has 0 aromatic heterocycles. The average molecular weight is 579 g/mol. The molecule has 1 aliphatic carbocycles. The fourth-order valence-corrected chi connectivity index (χ4v) is 6.43. The molecule has 1 nitrogen and oxygen atoms in total. The van der Waals surface area contributed by atoms with Crippen molar-refractivity contribution >= 4 is 0 Å². The first-order valence-electron chi connectivity index (χ1n) is 16.5. The van der Waals surface area contributed by atoms with Gasteiger partial charge in [-0.1, -0.05) is 114 Å². The van der Waals surface area contributed by atoms with Gasteiger partial charge in [0.15, 0.2) is 11.6 Å². The van der Waals surface area contributed by atoms with E-state index in [1.54, 1.807) is 24.3 Å². The summed E-state index contributed by atoms with van der Waals surface area (Å²) < 4.78 is 50.6. The van der Waals surface area contributed by atoms with E-state index in [1.165, 1.54) is 70.3 Å². The Morgan fingerprint density at radius 1 is 0.619 bits per heavy atom. The topological polar surface area (TPSA) is 9.23 Å². The van der Waals surface area contributed by atoms with Crippen LogP contribution >= 0.6 is 0 Å². The minimum absolute atomic E-state index is 0.0422. The Kier molecular flexibility index (Phi) is 12.8. The summed E-state index contributed by atoms with van der Waals surface area (Å²) in [4.78, 5) is 0. The fourth-order valence-electron chi connectivity index (χ4n) is 6.43. The van der Waals surface area contributed by atoms with Crippen LogP contribution in [0.15, 0.2) is 54.6 Å². The molecule has 0 bridgehead atoms. The number of halogens is 3. The summed E-state index contributed by atoms with van der Waals surface area (Å²) in [5.41, 5.74) is 3.22. The lowest BCUT2D eigenvalue weighted by molar-refractivity contribution is 0.285. The molecule has 228 valence electrons. The van der Waals surface area contributed by atoms with Gasteiger partial charge in [-0.2, -0.15) is 4.39 Å². The average Bonchev–Trinajstić information content (AvgIpc) is 3.01. The number of unbranched alkanes of at least 4 members (excludes halogenated alkanes) is 8. The van der Waals surface area contributed by atoms with E-state index in [1.807, 2.05) is 24.3 Å². The van der Waals surface area contributed by atoms with Crippen molar-refractivity contribution in [2.24, 2.45) is 5.92 Å². The Bertz CT molecular complexity index is 1230. The summed E-state index contributed by atoms with van der Waals surface area (Å²) >= 11 is 0. The Morgan fingerprint density at radius 3 is 1.93 bits per heavy atom. The third-order valence-corrected chi connectivity index (χ3v) is 9.08. The van der Waals surface area contributed by atoms with E-state index in [0.29, 0.717) is 18.1 Å². The van der Waals surface area contributed by atoms with Crippen LogP contribution in [0.3, 0.4) is 0 Å². The number of hydrogen-bond acceptors (Lipinski definition) is 1. The molecule has 42 heavy (non-hydrogen) atoms. The van der Waals surface area contributed by atoms with Crippen LogP contribution in [0.25, 0.3) is 22.3 Å². The van der Waals surface area contributed by atoms with Crippen molar-refractivity contribution in [1.82, 2.24) is 0 Å². The predicted octanol–water partition coefficient (Wildman–Crippen LogP) is 12.4. The number of rotatable bonds is 16. The molecule has 0 aliphatic heterocycles. The standard InChI is InChI=1S/C38H49F3O/c1-3-5-7-8-9-10-12-26-42-36-25-24-34(37(40)38(36)41)31-20-18-29(19-21-31)32-22-23-33(35(39)27-32)30-16-14-28(15-17-30)13-11-6-4-2/h18-25,27-28,30H,3-17,26H2,1-2H3. The number of hydrogen-bond donors (Lipinski definition) is 0. The molecule has 0 unspecified atom stereocenters. The molecule has 3 aromatic carbocycles. The monoisotopic (exact) mass is 578 g/mol. The first kappa shape index (κ1) is 32.2. The smallest absolute Gasteiger partial charge is 0.201 e. The van der Waals surface area contributed by atoms with Crippen molar-refractivity contribution in [3.8, 4) is 28.0 Å². The highest BCUT2D eigenvalue weighted by molar-refractivity contribution is 5.71. The maximum Gasteiger partial charge on any atom is 0.201 e. The van der Waals surface area contributed by atoms with E-state index < -0.39 is 11.6 Å². The van der Waals surface area contributed by atoms with Crippen LogP contribution < -0.4 is 4.74 Å². The number of benzene rings is 3. The van der Waals surface area contributed by atoms with Crippen LogP contribution in [0, 0.1) is 23.4 Å². The molecule has 0 saturated heterocycles. The van der Waals surface area contributed by atoms with E-state index in [9.17, 15) is 8.78 Å². The van der Waals surface area contributed by atoms with Gasteiger partial charge in [0.2, 0.25) is 5.82 Å². The molecule has 4 rings (SSSR count). The molecule has 0 spiro atoms. The van der Waals surface area contributed by atoms with E-state index >= 15 is 4.39 Å². The van der Waals surface area contributed by atoms with Crippen LogP contribution in [0.2, 0.25) is 0 Å². The first-order valence-corrected chi connectivity index (χ1v) is 16.5. The van der Waals surface area contributed by atoms with Crippen molar-refractivity contribution in [2.75, 3.05) is 6.61 Å². The molecule has 1 saturated carbocycles. The minimum atomic E-state index is -0.952. The molecular formula is C38H49F3O. The Hall–Kier alpha value is -2.75. The molecule has 0 radical (unpaired) electrons. The SMILES string of the molecule is CCCCCCCCCOc1ccc(-c2ccc(-c3ccc(C4CCC(CCCCC)CC4)c(F)c3)cc2)c(F)c1F. The van der Waals surface area contributed by atoms with Gasteiger partial charge in [-0.3, -0.25) is 0 Å². The molecule has 1 aliphatic rings. The van der Waals surface area contributed by atoms with Crippen molar-refractivity contribution < 1.29 is 17.9 Å². The molecule has 1 fully saturated rings. The normalized spacial score (nSPS) is 17.0. The van der Waals surface area contributed by atoms with Gasteiger partial charge in [-0.25, -0.2) is 8.78 Å².